The van der Waals surface area contributed by atoms with Crippen LogP contribution in [0.15, 0.2) is 99.6 Å². The summed E-state index contributed by atoms with van der Waals surface area (Å²) in [5, 5.41) is 11.4. The van der Waals surface area contributed by atoms with Crippen molar-refractivity contribution in [1.29, 1.82) is 0 Å². The van der Waals surface area contributed by atoms with E-state index in [9.17, 15) is 19.5 Å². The first kappa shape index (κ1) is 32.0. The van der Waals surface area contributed by atoms with E-state index in [2.05, 4.69) is 0 Å². The molecule has 6 rings (SSSR count). The Balaban J connectivity index is 1.44. The third kappa shape index (κ3) is 6.50. The molecule has 0 aliphatic carbocycles. The molecule has 5 aromatic rings. The van der Waals surface area contributed by atoms with Gasteiger partial charge in [-0.3, -0.25) is 9.36 Å². The molecule has 0 saturated carbocycles. The maximum Gasteiger partial charge on any atom is 0.338 e. The number of nitrogens with zero attached hydrogens (tertiary/aromatic N) is 2. The van der Waals surface area contributed by atoms with Gasteiger partial charge in [-0.15, -0.1) is 11.3 Å². The molecule has 0 fully saturated rings. The number of esters is 1. The monoisotopic (exact) mass is 686 g/mol. The van der Waals surface area contributed by atoms with E-state index in [1.165, 1.54) is 41.9 Å². The summed E-state index contributed by atoms with van der Waals surface area (Å²) in [5.74, 6) is -0.965. The van der Waals surface area contributed by atoms with E-state index in [1.807, 2.05) is 47.8 Å². The smallest absolute Gasteiger partial charge is 0.338 e. The summed E-state index contributed by atoms with van der Waals surface area (Å²) in [6.45, 7) is 1.97. The largest absolute Gasteiger partial charge is 0.493 e. The van der Waals surface area contributed by atoms with Crippen molar-refractivity contribution in [3.8, 4) is 11.5 Å². The zero-order valence-corrected chi connectivity index (χ0v) is 27.5. The van der Waals surface area contributed by atoms with E-state index in [0.717, 1.165) is 10.4 Å². The lowest BCUT2D eigenvalue weighted by Crippen LogP contribution is -2.39. The second-order valence-electron chi connectivity index (χ2n) is 10.3. The van der Waals surface area contributed by atoms with Gasteiger partial charge in [0.05, 0.1) is 40.1 Å². The number of carboxylic acids is 1. The van der Waals surface area contributed by atoms with Crippen LogP contribution in [-0.2, 0) is 16.1 Å². The van der Waals surface area contributed by atoms with Gasteiger partial charge < -0.3 is 19.3 Å². The highest BCUT2D eigenvalue weighted by Gasteiger charge is 2.35. The molecular formula is C35H27ClN2O7S2. The summed E-state index contributed by atoms with van der Waals surface area (Å²) in [6.07, 6.45) is 1.69. The van der Waals surface area contributed by atoms with Crippen LogP contribution in [0.25, 0.3) is 11.8 Å². The maximum atomic E-state index is 14.1. The number of benzene rings is 3. The number of carbonyl (C=O) groups is 2. The molecule has 47 heavy (non-hydrogen) atoms. The molecule has 1 atom stereocenters. The Morgan fingerprint density at radius 1 is 1.06 bits per heavy atom. The predicted molar refractivity (Wildman–Crippen MR) is 181 cm³/mol. The predicted octanol–water partition coefficient (Wildman–Crippen LogP) is 5.94. The van der Waals surface area contributed by atoms with Gasteiger partial charge in [0.25, 0.3) is 5.56 Å². The van der Waals surface area contributed by atoms with Crippen LogP contribution < -0.4 is 24.4 Å². The highest BCUT2D eigenvalue weighted by molar-refractivity contribution is 7.10. The van der Waals surface area contributed by atoms with Gasteiger partial charge in [0.1, 0.15) is 12.6 Å². The van der Waals surface area contributed by atoms with Crippen LogP contribution in [0.3, 0.4) is 0 Å². The van der Waals surface area contributed by atoms with Crippen LogP contribution in [0.4, 0.5) is 0 Å². The lowest BCUT2D eigenvalue weighted by molar-refractivity contribution is -0.138. The van der Waals surface area contributed by atoms with Crippen LogP contribution in [0.1, 0.15) is 44.9 Å². The summed E-state index contributed by atoms with van der Waals surface area (Å²) < 4.78 is 18.9. The van der Waals surface area contributed by atoms with Gasteiger partial charge in [0, 0.05) is 10.4 Å². The van der Waals surface area contributed by atoms with Gasteiger partial charge >= 0.3 is 11.9 Å². The van der Waals surface area contributed by atoms with E-state index >= 15 is 0 Å². The summed E-state index contributed by atoms with van der Waals surface area (Å²) in [6, 6.07) is 22.2. The first-order valence-corrected chi connectivity index (χ1v) is 16.5. The van der Waals surface area contributed by atoms with E-state index in [4.69, 9.17) is 30.8 Å². The van der Waals surface area contributed by atoms with E-state index < -0.39 is 18.0 Å². The zero-order chi connectivity index (χ0) is 33.1. The summed E-state index contributed by atoms with van der Waals surface area (Å²) in [7, 11) is 1.48. The molecule has 3 aromatic carbocycles. The fourth-order valence-electron chi connectivity index (χ4n) is 5.22. The molecule has 12 heteroatoms. The number of methoxy groups -OCH3 is 1. The average molecular weight is 687 g/mol. The molecule has 1 aliphatic heterocycles. The Hall–Kier alpha value is -4.97. The standard InChI is InChI=1S/C35H27ClN2O7S2/c1-3-44-34(42)28-29(22-10-5-4-6-11-22)37-35-38(30(28)26-13-8-14-46-26)32(39)27(47-35)18-21-16-24(36)31(25(17-21)43-2)45-19-20-9-7-12-23(15-20)33(40)41/h4-18,30H,3,19H2,1-2H3,(H,40,41)/b27-18+/t30-/m0/s1. The second-order valence-corrected chi connectivity index (χ2v) is 12.7. The third-order valence-corrected chi connectivity index (χ3v) is 9.48. The Bertz CT molecular complexity index is 2190. The topological polar surface area (TPSA) is 116 Å². The van der Waals surface area contributed by atoms with Crippen molar-refractivity contribution in [3.05, 3.63) is 142 Å². The number of aromatic nitrogens is 1. The molecule has 1 aliphatic rings. The first-order valence-electron chi connectivity index (χ1n) is 14.4. The maximum absolute atomic E-state index is 14.1. The summed E-state index contributed by atoms with van der Waals surface area (Å²) in [4.78, 5) is 45.1. The lowest BCUT2D eigenvalue weighted by Gasteiger charge is -2.24. The first-order chi connectivity index (χ1) is 22.8. The molecule has 3 heterocycles. The molecule has 238 valence electrons. The fraction of sp³-hybridized carbons (Fsp3) is 0.143. The highest BCUT2D eigenvalue weighted by Crippen LogP contribution is 2.38. The van der Waals surface area contributed by atoms with Crippen LogP contribution in [-0.4, -0.2) is 35.3 Å². The van der Waals surface area contributed by atoms with E-state index in [1.54, 1.807) is 41.8 Å². The minimum absolute atomic E-state index is 0.0599. The van der Waals surface area contributed by atoms with Gasteiger partial charge in [-0.05, 0) is 59.8 Å². The van der Waals surface area contributed by atoms with Crippen LogP contribution >= 0.6 is 34.3 Å². The molecule has 0 amide bonds. The zero-order valence-electron chi connectivity index (χ0n) is 25.1. The second kappa shape index (κ2) is 13.8. The van der Waals surface area contributed by atoms with Crippen molar-refractivity contribution in [3.63, 3.8) is 0 Å². The number of ether oxygens (including phenoxy) is 3. The molecule has 9 nitrogen and oxygen atoms in total. The molecule has 1 N–H and O–H groups in total. The SMILES string of the molecule is CCOC(=O)C1=C(c2ccccc2)N=c2s/c(=C/c3cc(Cl)c(OCc4cccc(C(=O)O)c4)c(OC)c3)c(=O)n2[C@H]1c1cccs1. The Kier molecular flexibility index (Phi) is 9.39. The average Bonchev–Trinajstić information content (AvgIpc) is 3.72. The summed E-state index contributed by atoms with van der Waals surface area (Å²) in [5.41, 5.74) is 2.53. The highest BCUT2D eigenvalue weighted by atomic mass is 35.5. The van der Waals surface area contributed by atoms with Crippen LogP contribution in [0.5, 0.6) is 11.5 Å². The molecule has 0 radical (unpaired) electrons. The number of hydrogen-bond acceptors (Lipinski definition) is 9. The minimum Gasteiger partial charge on any atom is -0.493 e. The minimum atomic E-state index is -1.03. The summed E-state index contributed by atoms with van der Waals surface area (Å²) >= 11 is 9.30. The quantitative estimate of drug-likeness (QED) is 0.181. The molecule has 0 spiro atoms. The lowest BCUT2D eigenvalue weighted by atomic mass is 9.97. The molecule has 0 saturated heterocycles. The molecule has 0 unspecified atom stereocenters. The Labute approximate surface area is 281 Å². The molecule has 2 aromatic heterocycles. The van der Waals surface area contributed by atoms with E-state index in [-0.39, 0.29) is 35.1 Å². The van der Waals surface area contributed by atoms with Crippen molar-refractivity contribution < 1.29 is 28.9 Å². The number of aromatic carboxylic acids is 1. The van der Waals surface area contributed by atoms with Gasteiger partial charge in [-0.2, -0.15) is 0 Å². The van der Waals surface area contributed by atoms with Crippen molar-refractivity contribution in [2.75, 3.05) is 13.7 Å². The Morgan fingerprint density at radius 2 is 1.87 bits per heavy atom. The number of carbonyl (C=O) groups excluding carboxylic acids is 1. The van der Waals surface area contributed by atoms with Gasteiger partial charge in [0.15, 0.2) is 16.3 Å². The number of hydrogen-bond donors (Lipinski definition) is 1. The van der Waals surface area contributed by atoms with Gasteiger partial charge in [0.2, 0.25) is 0 Å². The van der Waals surface area contributed by atoms with E-state index in [0.29, 0.717) is 37.5 Å². The fourth-order valence-corrected chi connectivity index (χ4v) is 7.32. The van der Waals surface area contributed by atoms with Gasteiger partial charge in [-0.25, -0.2) is 14.6 Å². The number of rotatable bonds is 10. The van der Waals surface area contributed by atoms with Crippen LogP contribution in [0, 0.1) is 0 Å². The number of fused-ring (bicyclic) bond motifs is 1. The number of carboxylic acid groups (broad SMARTS) is 1. The Morgan fingerprint density at radius 3 is 2.57 bits per heavy atom. The molecular weight excluding hydrogens is 660 g/mol. The molecule has 0 bridgehead atoms. The van der Waals surface area contributed by atoms with Crippen molar-refractivity contribution in [2.24, 2.45) is 4.99 Å². The number of halogens is 1. The normalized spacial score (nSPS) is 14.4. The van der Waals surface area contributed by atoms with Crippen LogP contribution in [0.2, 0.25) is 5.02 Å². The van der Waals surface area contributed by atoms with Crippen molar-refractivity contribution in [2.45, 2.75) is 19.6 Å². The van der Waals surface area contributed by atoms with Crippen molar-refractivity contribution >= 4 is 58.0 Å². The third-order valence-electron chi connectivity index (χ3n) is 7.29. The number of thiophene rings is 1. The van der Waals surface area contributed by atoms with Crippen molar-refractivity contribution in [1.82, 2.24) is 4.57 Å². The van der Waals surface area contributed by atoms with Gasteiger partial charge in [-0.1, -0.05) is 71.5 Å². The number of thiazole rings is 1.